The lowest BCUT2D eigenvalue weighted by atomic mass is 9.94. The molecule has 1 fully saturated rings. The molecule has 1 aliphatic heterocycles. The number of piperidine rings is 1. The summed E-state index contributed by atoms with van der Waals surface area (Å²) in [6.45, 7) is 4.23. The maximum absolute atomic E-state index is 13.1. The summed E-state index contributed by atoms with van der Waals surface area (Å²) in [5.41, 5.74) is -0.729. The van der Waals surface area contributed by atoms with Gasteiger partial charge in [0.05, 0.1) is 5.69 Å². The lowest BCUT2D eigenvalue weighted by Gasteiger charge is -2.36. The molecule has 154 valence electrons. The molecule has 2 N–H and O–H groups in total. The molecule has 0 aromatic heterocycles. The van der Waals surface area contributed by atoms with E-state index < -0.39 is 5.60 Å². The Balaban J connectivity index is 1.55. The number of hydrogen-bond donors (Lipinski definition) is 2. The zero-order valence-corrected chi connectivity index (χ0v) is 16.5. The molecule has 0 unspecified atom stereocenters. The van der Waals surface area contributed by atoms with Gasteiger partial charge in [-0.1, -0.05) is 12.1 Å². The molecule has 0 atom stereocenters. The maximum Gasteiger partial charge on any atom is 0.266 e. The second-order valence-corrected chi connectivity index (χ2v) is 7.64. The van der Waals surface area contributed by atoms with Crippen LogP contribution in [0.3, 0.4) is 0 Å². The summed E-state index contributed by atoms with van der Waals surface area (Å²) >= 11 is 0. The van der Waals surface area contributed by atoms with Crippen molar-refractivity contribution in [2.24, 2.45) is 5.92 Å². The molecule has 2 aromatic carbocycles. The van der Waals surface area contributed by atoms with E-state index in [4.69, 9.17) is 4.74 Å². The first kappa shape index (κ1) is 20.6. The summed E-state index contributed by atoms with van der Waals surface area (Å²) in [5, 5.41) is 12.5. The molecule has 29 heavy (non-hydrogen) atoms. The SMILES string of the molecule is CC(C)(Oc1ccc(F)cc1)C(=O)N1CCC(C(=O)Nc2ccccc2O)CC1. The van der Waals surface area contributed by atoms with Gasteiger partial charge in [0.25, 0.3) is 5.91 Å². The van der Waals surface area contributed by atoms with Gasteiger partial charge in [-0.05, 0) is 63.1 Å². The van der Waals surface area contributed by atoms with Crippen LogP contribution in [0, 0.1) is 11.7 Å². The number of rotatable bonds is 5. The van der Waals surface area contributed by atoms with Gasteiger partial charge < -0.3 is 20.1 Å². The van der Waals surface area contributed by atoms with Crippen molar-refractivity contribution in [3.8, 4) is 11.5 Å². The van der Waals surface area contributed by atoms with Crippen LogP contribution in [0.2, 0.25) is 0 Å². The van der Waals surface area contributed by atoms with E-state index in [1.54, 1.807) is 36.9 Å². The van der Waals surface area contributed by atoms with Gasteiger partial charge in [0, 0.05) is 19.0 Å². The lowest BCUT2D eigenvalue weighted by molar-refractivity contribution is -0.147. The highest BCUT2D eigenvalue weighted by atomic mass is 19.1. The molecular formula is C22H25FN2O4. The number of carbonyl (C=O) groups excluding carboxylic acids is 2. The van der Waals surface area contributed by atoms with Crippen LogP contribution in [0.25, 0.3) is 0 Å². The third-order valence-corrected chi connectivity index (χ3v) is 5.02. The van der Waals surface area contributed by atoms with Crippen LogP contribution in [0.4, 0.5) is 10.1 Å². The van der Waals surface area contributed by atoms with Gasteiger partial charge in [-0.3, -0.25) is 9.59 Å². The van der Waals surface area contributed by atoms with Crippen molar-refractivity contribution in [2.45, 2.75) is 32.3 Å². The molecule has 1 saturated heterocycles. The fourth-order valence-electron chi connectivity index (χ4n) is 3.38. The first-order chi connectivity index (χ1) is 13.8. The summed E-state index contributed by atoms with van der Waals surface area (Å²) in [6.07, 6.45) is 1.05. The van der Waals surface area contributed by atoms with Gasteiger partial charge in [-0.15, -0.1) is 0 Å². The van der Waals surface area contributed by atoms with Gasteiger partial charge in [-0.25, -0.2) is 4.39 Å². The summed E-state index contributed by atoms with van der Waals surface area (Å²) < 4.78 is 18.8. The Morgan fingerprint density at radius 2 is 1.72 bits per heavy atom. The van der Waals surface area contributed by atoms with Crippen LogP contribution in [-0.2, 0) is 9.59 Å². The van der Waals surface area contributed by atoms with Gasteiger partial charge in [0.2, 0.25) is 5.91 Å². The number of aromatic hydroxyl groups is 1. The van der Waals surface area contributed by atoms with E-state index in [1.807, 2.05) is 0 Å². The van der Waals surface area contributed by atoms with Crippen LogP contribution >= 0.6 is 0 Å². The summed E-state index contributed by atoms with van der Waals surface area (Å²) in [6, 6.07) is 12.1. The smallest absolute Gasteiger partial charge is 0.266 e. The Hall–Kier alpha value is -3.09. The van der Waals surface area contributed by atoms with E-state index in [0.717, 1.165) is 0 Å². The topological polar surface area (TPSA) is 78.9 Å². The van der Waals surface area contributed by atoms with Crippen molar-refractivity contribution >= 4 is 17.5 Å². The van der Waals surface area contributed by atoms with E-state index in [-0.39, 0.29) is 29.3 Å². The molecular weight excluding hydrogens is 375 g/mol. The molecule has 2 aromatic rings. The number of benzene rings is 2. The second kappa shape index (κ2) is 8.51. The number of likely N-dealkylation sites (tertiary alicyclic amines) is 1. The third kappa shape index (κ3) is 5.04. The largest absolute Gasteiger partial charge is 0.506 e. The molecule has 1 aliphatic rings. The maximum atomic E-state index is 13.1. The Labute approximate surface area is 169 Å². The van der Waals surface area contributed by atoms with Gasteiger partial charge in [0.1, 0.15) is 17.3 Å². The van der Waals surface area contributed by atoms with Crippen LogP contribution in [0.5, 0.6) is 11.5 Å². The number of anilines is 1. The summed E-state index contributed by atoms with van der Waals surface area (Å²) in [5.74, 6) is -0.512. The monoisotopic (exact) mass is 400 g/mol. The highest BCUT2D eigenvalue weighted by Gasteiger charge is 2.37. The minimum atomic E-state index is -1.11. The van der Waals surface area contributed by atoms with Gasteiger partial charge in [0.15, 0.2) is 5.60 Å². The molecule has 1 heterocycles. The van der Waals surface area contributed by atoms with E-state index in [2.05, 4.69) is 5.32 Å². The molecule has 0 bridgehead atoms. The number of nitrogens with zero attached hydrogens (tertiary/aromatic N) is 1. The van der Waals surface area contributed by atoms with Crippen LogP contribution in [0.15, 0.2) is 48.5 Å². The van der Waals surface area contributed by atoms with Gasteiger partial charge in [-0.2, -0.15) is 0 Å². The average Bonchev–Trinajstić information content (AvgIpc) is 2.71. The number of carbonyl (C=O) groups is 2. The molecule has 7 heteroatoms. The molecule has 3 rings (SSSR count). The quantitative estimate of drug-likeness (QED) is 0.752. The van der Waals surface area contributed by atoms with Crippen LogP contribution in [0.1, 0.15) is 26.7 Å². The fourth-order valence-corrected chi connectivity index (χ4v) is 3.38. The second-order valence-electron chi connectivity index (χ2n) is 7.64. The van der Waals surface area contributed by atoms with E-state index in [1.165, 1.54) is 30.3 Å². The number of phenols is 1. The van der Waals surface area contributed by atoms with Crippen LogP contribution < -0.4 is 10.1 Å². The van der Waals surface area contributed by atoms with Gasteiger partial charge >= 0.3 is 0 Å². The lowest BCUT2D eigenvalue weighted by Crippen LogP contribution is -2.52. The molecule has 2 amide bonds. The zero-order chi connectivity index (χ0) is 21.0. The highest BCUT2D eigenvalue weighted by molar-refractivity contribution is 5.94. The number of phenolic OH excluding ortho intramolecular Hbond substituents is 1. The minimum Gasteiger partial charge on any atom is -0.506 e. The number of ether oxygens (including phenoxy) is 1. The first-order valence-corrected chi connectivity index (χ1v) is 9.59. The predicted octanol–water partition coefficient (Wildman–Crippen LogP) is 3.57. The Morgan fingerprint density at radius 1 is 1.10 bits per heavy atom. The van der Waals surface area contributed by atoms with Crippen molar-refractivity contribution in [3.05, 3.63) is 54.3 Å². The number of nitrogens with one attached hydrogen (secondary N) is 1. The van der Waals surface area contributed by atoms with E-state index in [9.17, 15) is 19.1 Å². The van der Waals surface area contributed by atoms with Crippen molar-refractivity contribution in [1.29, 1.82) is 0 Å². The normalized spacial score (nSPS) is 15.1. The Kier molecular flexibility index (Phi) is 6.06. The summed E-state index contributed by atoms with van der Waals surface area (Å²) in [4.78, 5) is 27.1. The summed E-state index contributed by atoms with van der Waals surface area (Å²) in [7, 11) is 0. The average molecular weight is 400 g/mol. The third-order valence-electron chi connectivity index (χ3n) is 5.02. The fraction of sp³-hybridized carbons (Fsp3) is 0.364. The molecule has 0 aliphatic carbocycles. The Morgan fingerprint density at radius 3 is 2.34 bits per heavy atom. The van der Waals surface area contributed by atoms with E-state index >= 15 is 0 Å². The van der Waals surface area contributed by atoms with Crippen LogP contribution in [-0.4, -0.2) is 40.5 Å². The minimum absolute atomic E-state index is 0.0214. The molecule has 0 saturated carbocycles. The van der Waals surface area contributed by atoms with Crippen molar-refractivity contribution in [1.82, 2.24) is 4.90 Å². The number of halogens is 1. The standard InChI is InChI=1S/C22H25FN2O4/c1-22(2,29-17-9-7-16(23)8-10-17)21(28)25-13-11-15(12-14-25)20(27)24-18-5-3-4-6-19(18)26/h3-10,15,26H,11-14H2,1-2H3,(H,24,27). The highest BCUT2D eigenvalue weighted by Crippen LogP contribution is 2.27. The zero-order valence-electron chi connectivity index (χ0n) is 16.5. The Bertz CT molecular complexity index is 875. The number of amides is 2. The molecule has 0 spiro atoms. The van der Waals surface area contributed by atoms with Crippen molar-refractivity contribution < 1.29 is 23.8 Å². The number of para-hydroxylation sites is 2. The molecule has 0 radical (unpaired) electrons. The van der Waals surface area contributed by atoms with Crippen molar-refractivity contribution in [3.63, 3.8) is 0 Å². The predicted molar refractivity (Wildman–Crippen MR) is 107 cm³/mol. The molecule has 6 nitrogen and oxygen atoms in total. The van der Waals surface area contributed by atoms with Crippen molar-refractivity contribution in [2.75, 3.05) is 18.4 Å². The van der Waals surface area contributed by atoms with E-state index in [0.29, 0.717) is 37.4 Å². The number of hydrogen-bond acceptors (Lipinski definition) is 4. The first-order valence-electron chi connectivity index (χ1n) is 9.59.